The lowest BCUT2D eigenvalue weighted by Crippen LogP contribution is -2.29. The van der Waals surface area contributed by atoms with E-state index in [4.69, 9.17) is 21.5 Å². The second-order valence-corrected chi connectivity index (χ2v) is 7.49. The Balaban J connectivity index is 2.37. The second-order valence-electron chi connectivity index (χ2n) is 5.52. The maximum absolute atomic E-state index is 12.2. The number of rotatable bonds is 5. The molecule has 116 valence electrons. The van der Waals surface area contributed by atoms with E-state index < -0.39 is 15.9 Å². The van der Waals surface area contributed by atoms with E-state index >= 15 is 0 Å². The lowest BCUT2D eigenvalue weighted by atomic mass is 10.1. The van der Waals surface area contributed by atoms with Crippen LogP contribution < -0.4 is 15.2 Å². The smallest absolute Gasteiger partial charge is 0.255 e. The van der Waals surface area contributed by atoms with Gasteiger partial charge in [-0.1, -0.05) is 18.5 Å². The van der Waals surface area contributed by atoms with Crippen molar-refractivity contribution < 1.29 is 17.9 Å². The van der Waals surface area contributed by atoms with Gasteiger partial charge in [0, 0.05) is 11.6 Å². The second kappa shape index (κ2) is 5.47. The van der Waals surface area contributed by atoms with Crippen molar-refractivity contribution in [2.24, 2.45) is 10.6 Å². The highest BCUT2D eigenvalue weighted by atomic mass is 35.5. The van der Waals surface area contributed by atoms with Gasteiger partial charge in [-0.05, 0) is 30.4 Å². The van der Waals surface area contributed by atoms with Crippen molar-refractivity contribution in [2.45, 2.75) is 24.7 Å². The third-order valence-electron chi connectivity index (χ3n) is 3.55. The number of benzene rings is 1. The summed E-state index contributed by atoms with van der Waals surface area (Å²) in [6.07, 6.45) is 2.12. The fourth-order valence-electron chi connectivity index (χ4n) is 1.94. The molecule has 1 aromatic carbocycles. The van der Waals surface area contributed by atoms with Gasteiger partial charge in [-0.2, -0.15) is 0 Å². The number of nitrogens with one attached hydrogen (secondary N) is 1. The average molecular weight is 333 g/mol. The van der Waals surface area contributed by atoms with Gasteiger partial charge < -0.3 is 10.1 Å². The molecule has 0 atom stereocenters. The molecule has 0 saturated heterocycles. The van der Waals surface area contributed by atoms with Gasteiger partial charge >= 0.3 is 0 Å². The number of hydrogen-bond donors (Lipinski definition) is 2. The van der Waals surface area contributed by atoms with Gasteiger partial charge in [-0.3, -0.25) is 4.79 Å². The van der Waals surface area contributed by atoms with Crippen LogP contribution >= 0.6 is 11.6 Å². The molecule has 1 aliphatic rings. The number of hydrogen-bond acceptors (Lipinski definition) is 4. The summed E-state index contributed by atoms with van der Waals surface area (Å²) < 4.78 is 28.2. The predicted molar refractivity (Wildman–Crippen MR) is 79.1 cm³/mol. The highest BCUT2D eigenvalue weighted by Crippen LogP contribution is 2.44. The van der Waals surface area contributed by atoms with Gasteiger partial charge in [-0.15, -0.1) is 0 Å². The number of sulfonamides is 1. The molecule has 6 nitrogen and oxygen atoms in total. The average Bonchev–Trinajstić information content (AvgIpc) is 3.12. The van der Waals surface area contributed by atoms with Crippen molar-refractivity contribution in [3.8, 4) is 5.75 Å². The van der Waals surface area contributed by atoms with E-state index in [2.05, 4.69) is 12.2 Å². The topological polar surface area (TPSA) is 98.5 Å². The van der Waals surface area contributed by atoms with Crippen LogP contribution in [-0.4, -0.2) is 28.0 Å². The van der Waals surface area contributed by atoms with Crippen LogP contribution in [0.4, 0.5) is 0 Å². The fourth-order valence-corrected chi connectivity index (χ4v) is 2.96. The molecular weight excluding hydrogens is 316 g/mol. The first-order valence-corrected chi connectivity index (χ1v) is 8.27. The number of carbonyl (C=O) groups excluding carboxylic acids is 1. The summed E-state index contributed by atoms with van der Waals surface area (Å²) in [7, 11) is -2.77. The summed E-state index contributed by atoms with van der Waals surface area (Å²) in [5.74, 6) is -0.535. The Bertz CT molecular complexity index is 684. The van der Waals surface area contributed by atoms with E-state index in [1.54, 1.807) is 0 Å². The Kier molecular flexibility index (Phi) is 4.19. The van der Waals surface area contributed by atoms with Crippen molar-refractivity contribution in [1.82, 2.24) is 5.32 Å². The van der Waals surface area contributed by atoms with Gasteiger partial charge in [0.2, 0.25) is 10.0 Å². The van der Waals surface area contributed by atoms with Crippen LogP contribution in [0, 0.1) is 5.41 Å². The summed E-state index contributed by atoms with van der Waals surface area (Å²) in [6.45, 7) is 2.59. The maximum Gasteiger partial charge on any atom is 0.255 e. The van der Waals surface area contributed by atoms with E-state index in [-0.39, 0.29) is 26.6 Å². The van der Waals surface area contributed by atoms with Crippen molar-refractivity contribution >= 4 is 27.5 Å². The Morgan fingerprint density at radius 2 is 2.10 bits per heavy atom. The predicted octanol–water partition coefficient (Wildman–Crippen LogP) is 1.53. The van der Waals surface area contributed by atoms with Gasteiger partial charge in [0.05, 0.1) is 12.7 Å². The maximum atomic E-state index is 12.2. The standard InChI is InChI=1S/C13H17ClN2O4S/c1-13(3-4-13)7-16-12(17)9-5-8(14)6-10(11(9)20-2)21(15,18)19/h5-6H,3-4,7H2,1-2H3,(H,16,17)(H2,15,18,19). The highest BCUT2D eigenvalue weighted by Gasteiger charge is 2.37. The molecule has 0 spiro atoms. The van der Waals surface area contributed by atoms with E-state index in [1.165, 1.54) is 13.2 Å². The van der Waals surface area contributed by atoms with Crippen LogP contribution in [0.25, 0.3) is 0 Å². The molecule has 0 radical (unpaired) electrons. The number of methoxy groups -OCH3 is 1. The highest BCUT2D eigenvalue weighted by molar-refractivity contribution is 7.89. The molecule has 1 amide bonds. The molecule has 0 heterocycles. The van der Waals surface area contributed by atoms with Crippen molar-refractivity contribution in [2.75, 3.05) is 13.7 Å². The Labute approximate surface area is 128 Å². The zero-order valence-electron chi connectivity index (χ0n) is 11.8. The molecule has 0 aromatic heterocycles. The van der Waals surface area contributed by atoms with Crippen LogP contribution in [-0.2, 0) is 10.0 Å². The number of ether oxygens (including phenoxy) is 1. The van der Waals surface area contributed by atoms with Gasteiger partial charge in [-0.25, -0.2) is 13.6 Å². The molecule has 0 bridgehead atoms. The van der Waals surface area contributed by atoms with Gasteiger partial charge in [0.25, 0.3) is 5.91 Å². The van der Waals surface area contributed by atoms with E-state index in [0.29, 0.717) is 6.54 Å². The Morgan fingerprint density at radius 1 is 1.48 bits per heavy atom. The lowest BCUT2D eigenvalue weighted by molar-refractivity contribution is 0.0942. The Hall–Kier alpha value is -1.31. The van der Waals surface area contributed by atoms with Crippen LogP contribution in [0.5, 0.6) is 5.75 Å². The molecule has 1 aliphatic carbocycles. The van der Waals surface area contributed by atoms with Crippen LogP contribution in [0.15, 0.2) is 17.0 Å². The summed E-state index contributed by atoms with van der Waals surface area (Å²) in [5.41, 5.74) is 0.183. The first-order valence-electron chi connectivity index (χ1n) is 6.35. The largest absolute Gasteiger partial charge is 0.494 e. The number of primary sulfonamides is 1. The number of carbonyl (C=O) groups is 1. The van der Waals surface area contributed by atoms with Crippen LogP contribution in [0.3, 0.4) is 0 Å². The number of amides is 1. The summed E-state index contributed by atoms with van der Waals surface area (Å²) in [4.78, 5) is 11.9. The van der Waals surface area contributed by atoms with Crippen molar-refractivity contribution in [3.05, 3.63) is 22.7 Å². The van der Waals surface area contributed by atoms with Gasteiger partial charge in [0.1, 0.15) is 4.90 Å². The first-order chi connectivity index (χ1) is 9.66. The number of halogens is 1. The monoisotopic (exact) mass is 332 g/mol. The third-order valence-corrected chi connectivity index (χ3v) is 4.69. The molecular formula is C13H17ClN2O4S. The fraction of sp³-hybridized carbons (Fsp3) is 0.462. The Morgan fingerprint density at radius 3 is 2.57 bits per heavy atom. The van der Waals surface area contributed by atoms with Crippen LogP contribution in [0.2, 0.25) is 5.02 Å². The lowest BCUT2D eigenvalue weighted by Gasteiger charge is -2.15. The van der Waals surface area contributed by atoms with E-state index in [0.717, 1.165) is 18.9 Å². The molecule has 21 heavy (non-hydrogen) atoms. The molecule has 3 N–H and O–H groups in total. The minimum Gasteiger partial charge on any atom is -0.494 e. The molecule has 0 unspecified atom stereocenters. The van der Waals surface area contributed by atoms with Gasteiger partial charge in [0.15, 0.2) is 5.75 Å². The molecule has 2 rings (SSSR count). The molecule has 0 aliphatic heterocycles. The minimum absolute atomic E-state index is 0.0540. The first kappa shape index (κ1) is 16.1. The number of nitrogens with two attached hydrogens (primary N) is 1. The van der Waals surface area contributed by atoms with E-state index in [1.807, 2.05) is 0 Å². The molecule has 1 fully saturated rings. The SMILES string of the molecule is COc1c(C(=O)NCC2(C)CC2)cc(Cl)cc1S(N)(=O)=O. The quantitative estimate of drug-likeness (QED) is 0.854. The molecule has 1 saturated carbocycles. The van der Waals surface area contributed by atoms with Crippen LogP contribution in [0.1, 0.15) is 30.1 Å². The minimum atomic E-state index is -4.04. The zero-order chi connectivity index (χ0) is 15.8. The normalized spacial score (nSPS) is 16.4. The molecule has 1 aromatic rings. The zero-order valence-corrected chi connectivity index (χ0v) is 13.3. The van der Waals surface area contributed by atoms with Crippen molar-refractivity contribution in [3.63, 3.8) is 0 Å². The molecule has 8 heteroatoms. The summed E-state index contributed by atoms with van der Waals surface area (Å²) in [5, 5.41) is 7.99. The summed E-state index contributed by atoms with van der Waals surface area (Å²) in [6, 6.07) is 2.52. The van der Waals surface area contributed by atoms with E-state index in [9.17, 15) is 13.2 Å². The van der Waals surface area contributed by atoms with Crippen molar-refractivity contribution in [1.29, 1.82) is 0 Å². The summed E-state index contributed by atoms with van der Waals surface area (Å²) >= 11 is 5.88. The third kappa shape index (κ3) is 3.66.